The molecule has 0 aliphatic carbocycles. The van der Waals surface area contributed by atoms with Crippen molar-refractivity contribution in [1.82, 2.24) is 14.9 Å². The number of hydrogen-bond donors (Lipinski definition) is 1. The minimum atomic E-state index is -0.670. The van der Waals surface area contributed by atoms with Crippen LogP contribution in [0.2, 0.25) is 0 Å². The summed E-state index contributed by atoms with van der Waals surface area (Å²) in [5.41, 5.74) is 2.20. The number of hydrogen-bond acceptors (Lipinski definition) is 7. The number of nitrogens with zero attached hydrogens (tertiary/aromatic N) is 3. The van der Waals surface area contributed by atoms with Gasteiger partial charge in [-0.05, 0) is 44.6 Å². The van der Waals surface area contributed by atoms with E-state index in [2.05, 4.69) is 33.3 Å². The molecule has 5 nitrogen and oxygen atoms in total. The number of ether oxygens (including phenoxy) is 1. The molecule has 0 radical (unpaired) electrons. The van der Waals surface area contributed by atoms with E-state index in [0.717, 1.165) is 42.8 Å². The fourth-order valence-corrected chi connectivity index (χ4v) is 7.02. The van der Waals surface area contributed by atoms with Crippen molar-refractivity contribution in [3.63, 3.8) is 0 Å². The molecule has 0 bridgehead atoms. The molecular formula is C22H20F2N4OS2. The van der Waals surface area contributed by atoms with E-state index in [4.69, 9.17) is 4.74 Å². The van der Waals surface area contributed by atoms with Gasteiger partial charge in [0.1, 0.15) is 16.0 Å². The van der Waals surface area contributed by atoms with Crippen molar-refractivity contribution in [2.45, 2.75) is 24.3 Å². The number of halogens is 2. The Balaban J connectivity index is 1.42. The minimum absolute atomic E-state index is 0.0301. The zero-order chi connectivity index (χ0) is 21.2. The van der Waals surface area contributed by atoms with Gasteiger partial charge >= 0.3 is 0 Å². The molecule has 0 amide bonds. The van der Waals surface area contributed by atoms with Crippen LogP contribution in [0.15, 0.2) is 29.9 Å². The van der Waals surface area contributed by atoms with E-state index in [9.17, 15) is 8.78 Å². The van der Waals surface area contributed by atoms with Crippen LogP contribution in [0, 0.1) is 11.6 Å². The van der Waals surface area contributed by atoms with Crippen LogP contribution in [-0.4, -0.2) is 47.2 Å². The van der Waals surface area contributed by atoms with Gasteiger partial charge in [0, 0.05) is 29.0 Å². The van der Waals surface area contributed by atoms with Crippen molar-refractivity contribution < 1.29 is 13.5 Å². The Morgan fingerprint density at radius 1 is 1.29 bits per heavy atom. The van der Waals surface area contributed by atoms with Crippen LogP contribution < -0.4 is 5.32 Å². The van der Waals surface area contributed by atoms with E-state index < -0.39 is 11.6 Å². The topological polar surface area (TPSA) is 50.3 Å². The molecule has 2 aliphatic rings. The Kier molecular flexibility index (Phi) is 4.50. The third-order valence-electron chi connectivity index (χ3n) is 6.77. The molecule has 6 rings (SSSR count). The zero-order valence-electron chi connectivity index (χ0n) is 16.8. The van der Waals surface area contributed by atoms with Crippen molar-refractivity contribution in [3.05, 3.63) is 46.4 Å². The first-order valence-corrected chi connectivity index (χ1v) is 11.9. The summed E-state index contributed by atoms with van der Waals surface area (Å²) >= 11 is 2.88. The Morgan fingerprint density at radius 3 is 3.03 bits per heavy atom. The van der Waals surface area contributed by atoms with Crippen LogP contribution in [0.4, 0.5) is 20.2 Å². The third kappa shape index (κ3) is 2.91. The number of thiazole rings is 1. The minimum Gasteiger partial charge on any atom is -0.379 e. The molecule has 3 aromatic heterocycles. The fraction of sp³-hybridized carbons (Fsp3) is 0.364. The summed E-state index contributed by atoms with van der Waals surface area (Å²) in [5.74, 6) is -0.933. The van der Waals surface area contributed by atoms with Gasteiger partial charge in [-0.15, -0.1) is 22.7 Å². The number of thiophene rings is 1. The standard InChI is InChI=1S/C22H20F2N4OS2/c1-28-6-3-13(22(28)4-7-29-10-22)16-8-12-15(2-5-25-21(12)31-16)27-19-14(23)9-17-20(18(19)24)26-11-30-17/h2,5,8-9,11,13H,3-4,6-7,10H2,1H3,(H,25,27)/t13-,22+/m0/s1. The smallest absolute Gasteiger partial charge is 0.176 e. The van der Waals surface area contributed by atoms with Gasteiger partial charge in [0.2, 0.25) is 0 Å². The lowest BCUT2D eigenvalue weighted by atomic mass is 9.83. The van der Waals surface area contributed by atoms with Crippen LogP contribution >= 0.6 is 22.7 Å². The second kappa shape index (κ2) is 7.16. The number of benzene rings is 1. The van der Waals surface area contributed by atoms with E-state index >= 15 is 0 Å². The molecule has 4 aromatic rings. The molecule has 160 valence electrons. The number of nitrogens with one attached hydrogen (secondary N) is 1. The monoisotopic (exact) mass is 458 g/mol. The first-order valence-electron chi connectivity index (χ1n) is 10.2. The SMILES string of the molecule is CN1CC[C@@H](c2cc3c(Nc4c(F)cc5scnc5c4F)ccnc3s2)[C@]12CCOC2. The molecule has 31 heavy (non-hydrogen) atoms. The molecular weight excluding hydrogens is 438 g/mol. The van der Waals surface area contributed by atoms with Crippen molar-refractivity contribution in [2.75, 3.05) is 32.1 Å². The third-order valence-corrected chi connectivity index (χ3v) is 8.70. The molecule has 1 spiro atoms. The van der Waals surface area contributed by atoms with Crippen LogP contribution in [-0.2, 0) is 4.74 Å². The van der Waals surface area contributed by atoms with Crippen molar-refractivity contribution >= 4 is 54.5 Å². The summed E-state index contributed by atoms with van der Waals surface area (Å²) in [7, 11) is 2.17. The number of likely N-dealkylation sites (N-methyl/N-ethyl adjacent to an activating group) is 1. The summed E-state index contributed by atoms with van der Waals surface area (Å²) < 4.78 is 35.9. The lowest BCUT2D eigenvalue weighted by Gasteiger charge is -2.35. The number of pyridine rings is 1. The Labute approximate surface area is 185 Å². The number of likely N-dealkylation sites (tertiary alicyclic amines) is 1. The van der Waals surface area contributed by atoms with E-state index in [0.29, 0.717) is 16.3 Å². The molecule has 1 aromatic carbocycles. The highest BCUT2D eigenvalue weighted by molar-refractivity contribution is 7.18. The summed E-state index contributed by atoms with van der Waals surface area (Å²) in [4.78, 5) is 13.1. The highest BCUT2D eigenvalue weighted by Crippen LogP contribution is 2.49. The number of fused-ring (bicyclic) bond motifs is 2. The molecule has 9 heteroatoms. The maximum atomic E-state index is 15.0. The summed E-state index contributed by atoms with van der Waals surface area (Å²) in [6.45, 7) is 2.56. The molecule has 0 unspecified atom stereocenters. The van der Waals surface area contributed by atoms with E-state index in [1.165, 1.54) is 27.8 Å². The zero-order valence-corrected chi connectivity index (χ0v) is 18.5. The lowest BCUT2D eigenvalue weighted by Crippen LogP contribution is -2.45. The van der Waals surface area contributed by atoms with Gasteiger partial charge in [-0.2, -0.15) is 0 Å². The molecule has 2 fully saturated rings. The summed E-state index contributed by atoms with van der Waals surface area (Å²) in [6.07, 6.45) is 3.77. The average Bonchev–Trinajstić information content (AvgIpc) is 3.53. The molecule has 2 saturated heterocycles. The van der Waals surface area contributed by atoms with Gasteiger partial charge in [-0.25, -0.2) is 18.7 Å². The predicted molar refractivity (Wildman–Crippen MR) is 121 cm³/mol. The Hall–Kier alpha value is -2.20. The van der Waals surface area contributed by atoms with Crippen LogP contribution in [0.25, 0.3) is 20.4 Å². The number of anilines is 2. The molecule has 2 atom stereocenters. The van der Waals surface area contributed by atoms with Gasteiger partial charge in [-0.3, -0.25) is 4.90 Å². The highest BCUT2D eigenvalue weighted by atomic mass is 32.1. The van der Waals surface area contributed by atoms with Crippen molar-refractivity contribution in [3.8, 4) is 0 Å². The number of rotatable bonds is 3. The fourth-order valence-electron chi connectivity index (χ4n) is 5.05. The number of aromatic nitrogens is 2. The van der Waals surface area contributed by atoms with Crippen LogP contribution in [0.3, 0.4) is 0 Å². The second-order valence-electron chi connectivity index (χ2n) is 8.27. The van der Waals surface area contributed by atoms with Gasteiger partial charge in [0.15, 0.2) is 11.6 Å². The van der Waals surface area contributed by atoms with Crippen molar-refractivity contribution in [2.24, 2.45) is 0 Å². The maximum absolute atomic E-state index is 15.0. The van der Waals surface area contributed by atoms with Crippen LogP contribution in [0.1, 0.15) is 23.6 Å². The van der Waals surface area contributed by atoms with E-state index in [1.807, 2.05) is 0 Å². The average molecular weight is 459 g/mol. The summed E-state index contributed by atoms with van der Waals surface area (Å²) in [5, 5.41) is 3.86. The Bertz CT molecular complexity index is 1300. The van der Waals surface area contributed by atoms with Gasteiger partial charge in [-0.1, -0.05) is 0 Å². The predicted octanol–water partition coefficient (Wildman–Crippen LogP) is 5.51. The van der Waals surface area contributed by atoms with Gasteiger partial charge < -0.3 is 10.1 Å². The van der Waals surface area contributed by atoms with Gasteiger partial charge in [0.05, 0.1) is 28.0 Å². The van der Waals surface area contributed by atoms with E-state index in [-0.39, 0.29) is 16.7 Å². The van der Waals surface area contributed by atoms with Crippen LogP contribution in [0.5, 0.6) is 0 Å². The van der Waals surface area contributed by atoms with Crippen molar-refractivity contribution in [1.29, 1.82) is 0 Å². The largest absolute Gasteiger partial charge is 0.379 e. The second-order valence-corrected chi connectivity index (χ2v) is 10.2. The maximum Gasteiger partial charge on any atom is 0.176 e. The summed E-state index contributed by atoms with van der Waals surface area (Å²) in [6, 6.07) is 5.22. The molecule has 5 heterocycles. The first kappa shape index (κ1) is 19.5. The van der Waals surface area contributed by atoms with Gasteiger partial charge in [0.25, 0.3) is 0 Å². The molecule has 0 saturated carbocycles. The molecule has 1 N–H and O–H groups in total. The Morgan fingerprint density at radius 2 is 2.19 bits per heavy atom. The quantitative estimate of drug-likeness (QED) is 0.439. The highest BCUT2D eigenvalue weighted by Gasteiger charge is 2.50. The van der Waals surface area contributed by atoms with E-state index in [1.54, 1.807) is 23.6 Å². The normalized spacial score (nSPS) is 24.2. The molecule has 2 aliphatic heterocycles. The first-order chi connectivity index (χ1) is 15.1. The lowest BCUT2D eigenvalue weighted by molar-refractivity contribution is 0.111.